The highest BCUT2D eigenvalue weighted by atomic mass is 35.5. The molecule has 0 fully saturated rings. The van der Waals surface area contributed by atoms with Crippen molar-refractivity contribution in [3.8, 4) is 11.7 Å². The molecule has 2 heterocycles. The number of H-pyrrole nitrogens is 1. The molecule has 0 aliphatic rings. The highest BCUT2D eigenvalue weighted by molar-refractivity contribution is 6.31. The first-order valence-corrected chi connectivity index (χ1v) is 8.72. The normalized spacial score (nSPS) is 10.6. The number of halogens is 1. The summed E-state index contributed by atoms with van der Waals surface area (Å²) in [5.74, 6) is 1.00. The Kier molecular flexibility index (Phi) is 5.36. The fraction of sp³-hybridized carbons (Fsp3) is 0.222. The Morgan fingerprint density at radius 3 is 2.64 bits per heavy atom. The maximum atomic E-state index is 12.5. The molecule has 0 aliphatic carbocycles. The van der Waals surface area contributed by atoms with Gasteiger partial charge in [0, 0.05) is 22.3 Å². The average molecular weight is 403 g/mol. The number of carbonyl (C=O) groups excluding carboxylic acids is 1. The van der Waals surface area contributed by atoms with Gasteiger partial charge in [0.2, 0.25) is 5.95 Å². The number of nitrogens with one attached hydrogen (secondary N) is 3. The summed E-state index contributed by atoms with van der Waals surface area (Å²) in [5.41, 5.74) is 1.87. The van der Waals surface area contributed by atoms with Crippen LogP contribution in [0.2, 0.25) is 5.02 Å². The highest BCUT2D eigenvalue weighted by Gasteiger charge is 2.15. The first-order chi connectivity index (χ1) is 13.3. The monoisotopic (exact) mass is 402 g/mol. The highest BCUT2D eigenvalue weighted by Crippen LogP contribution is 2.27. The number of nitrogens with zero attached hydrogens (tertiary/aromatic N) is 3. The molecule has 1 aromatic carbocycles. The molecule has 0 spiro atoms. The van der Waals surface area contributed by atoms with Crippen molar-refractivity contribution < 1.29 is 9.53 Å². The molecule has 3 aromatic rings. The third-order valence-corrected chi connectivity index (χ3v) is 4.30. The van der Waals surface area contributed by atoms with Gasteiger partial charge in [0.1, 0.15) is 11.6 Å². The zero-order valence-corrected chi connectivity index (χ0v) is 16.5. The van der Waals surface area contributed by atoms with Crippen LogP contribution in [0.15, 0.2) is 29.1 Å². The molecular weight excluding hydrogens is 384 g/mol. The summed E-state index contributed by atoms with van der Waals surface area (Å²) in [7, 11) is 1.49. The van der Waals surface area contributed by atoms with Crippen molar-refractivity contribution in [2.75, 3.05) is 17.7 Å². The number of aromatic nitrogens is 4. The molecule has 0 saturated carbocycles. The standard InChI is InChI=1S/C18H19ClN6O3/c1-9-7-15(25(24-9)17-20-11(3)10(2)16(26)23-17)22-18(27)21-13-8-12(19)5-6-14(13)28-4/h5-8H,1-4H3,(H,20,23,26)(H2,21,22,27). The van der Waals surface area contributed by atoms with Gasteiger partial charge in [0.05, 0.1) is 18.5 Å². The zero-order chi connectivity index (χ0) is 20.4. The molecule has 2 amide bonds. The van der Waals surface area contributed by atoms with Crippen LogP contribution in [0.5, 0.6) is 5.75 Å². The van der Waals surface area contributed by atoms with Crippen molar-refractivity contribution in [3.05, 3.63) is 56.6 Å². The second-order valence-corrected chi connectivity index (χ2v) is 6.54. The van der Waals surface area contributed by atoms with E-state index in [1.807, 2.05) is 0 Å². The summed E-state index contributed by atoms with van der Waals surface area (Å²) in [6, 6.07) is 6.00. The van der Waals surface area contributed by atoms with Crippen molar-refractivity contribution in [2.45, 2.75) is 20.8 Å². The molecule has 2 aromatic heterocycles. The van der Waals surface area contributed by atoms with Gasteiger partial charge in [-0.05, 0) is 39.0 Å². The molecule has 146 valence electrons. The average Bonchev–Trinajstić information content (AvgIpc) is 2.99. The minimum absolute atomic E-state index is 0.205. The fourth-order valence-electron chi connectivity index (χ4n) is 2.53. The molecule has 9 nitrogen and oxygen atoms in total. The van der Waals surface area contributed by atoms with Crippen LogP contribution in [-0.2, 0) is 0 Å². The summed E-state index contributed by atoms with van der Waals surface area (Å²) in [4.78, 5) is 31.5. The van der Waals surface area contributed by atoms with Gasteiger partial charge in [-0.15, -0.1) is 0 Å². The van der Waals surface area contributed by atoms with Crippen molar-refractivity contribution in [3.63, 3.8) is 0 Å². The van der Waals surface area contributed by atoms with Crippen molar-refractivity contribution in [2.24, 2.45) is 0 Å². The Morgan fingerprint density at radius 1 is 1.21 bits per heavy atom. The maximum absolute atomic E-state index is 12.5. The first-order valence-electron chi connectivity index (χ1n) is 8.34. The fourth-order valence-corrected chi connectivity index (χ4v) is 2.70. The summed E-state index contributed by atoms with van der Waals surface area (Å²) in [5, 5.41) is 10.1. The minimum Gasteiger partial charge on any atom is -0.495 e. The SMILES string of the molecule is COc1ccc(Cl)cc1NC(=O)Nc1cc(C)nn1-c1nc(C)c(C)c(=O)[nH]1. The number of aryl methyl sites for hydroxylation is 2. The molecule has 10 heteroatoms. The number of urea groups is 1. The predicted molar refractivity (Wildman–Crippen MR) is 107 cm³/mol. The molecule has 0 atom stereocenters. The number of methoxy groups -OCH3 is 1. The largest absolute Gasteiger partial charge is 0.495 e. The van der Waals surface area contributed by atoms with Crippen LogP contribution in [0, 0.1) is 20.8 Å². The van der Waals surface area contributed by atoms with Crippen LogP contribution in [0.4, 0.5) is 16.3 Å². The number of hydrogen-bond acceptors (Lipinski definition) is 5. The molecular formula is C18H19ClN6O3. The number of aromatic amines is 1. The molecule has 0 aliphatic heterocycles. The van der Waals surface area contributed by atoms with E-state index in [0.29, 0.717) is 39.2 Å². The minimum atomic E-state index is -0.534. The van der Waals surface area contributed by atoms with Crippen LogP contribution in [-0.4, -0.2) is 32.9 Å². The van der Waals surface area contributed by atoms with Gasteiger partial charge in [-0.1, -0.05) is 11.6 Å². The van der Waals surface area contributed by atoms with E-state index in [9.17, 15) is 9.59 Å². The van der Waals surface area contributed by atoms with Crippen LogP contribution < -0.4 is 20.9 Å². The number of benzene rings is 1. The molecule has 3 N–H and O–H groups in total. The number of amides is 2. The van der Waals surface area contributed by atoms with Gasteiger partial charge in [0.25, 0.3) is 5.56 Å². The van der Waals surface area contributed by atoms with E-state index in [-0.39, 0.29) is 11.5 Å². The van der Waals surface area contributed by atoms with Crippen molar-refractivity contribution >= 4 is 29.1 Å². The van der Waals surface area contributed by atoms with Gasteiger partial charge in [0.15, 0.2) is 0 Å². The van der Waals surface area contributed by atoms with Gasteiger partial charge < -0.3 is 10.1 Å². The summed E-state index contributed by atoms with van der Waals surface area (Å²) in [6.07, 6.45) is 0. The lowest BCUT2D eigenvalue weighted by Gasteiger charge is -2.12. The van der Waals surface area contributed by atoms with E-state index in [1.54, 1.807) is 45.0 Å². The third-order valence-electron chi connectivity index (χ3n) is 4.07. The number of rotatable bonds is 4. The predicted octanol–water partition coefficient (Wildman–Crippen LogP) is 3.19. The molecule has 0 radical (unpaired) electrons. The molecule has 0 saturated heterocycles. The van der Waals surface area contributed by atoms with Gasteiger partial charge in [-0.2, -0.15) is 9.78 Å². The quantitative estimate of drug-likeness (QED) is 0.620. The molecule has 0 unspecified atom stereocenters. The van der Waals surface area contributed by atoms with E-state index in [2.05, 4.69) is 25.7 Å². The van der Waals surface area contributed by atoms with E-state index in [0.717, 1.165) is 0 Å². The number of hydrogen-bond donors (Lipinski definition) is 3. The van der Waals surface area contributed by atoms with E-state index >= 15 is 0 Å². The Morgan fingerprint density at radius 2 is 1.96 bits per heavy atom. The number of anilines is 2. The maximum Gasteiger partial charge on any atom is 0.324 e. The third kappa shape index (κ3) is 3.99. The lowest BCUT2D eigenvalue weighted by Crippen LogP contribution is -2.23. The van der Waals surface area contributed by atoms with Crippen LogP contribution >= 0.6 is 11.6 Å². The van der Waals surface area contributed by atoms with E-state index < -0.39 is 6.03 Å². The number of carbonyl (C=O) groups is 1. The van der Waals surface area contributed by atoms with Crippen LogP contribution in [0.3, 0.4) is 0 Å². The van der Waals surface area contributed by atoms with Crippen LogP contribution in [0.25, 0.3) is 5.95 Å². The Balaban J connectivity index is 1.89. The van der Waals surface area contributed by atoms with Gasteiger partial charge in [-0.25, -0.2) is 9.78 Å². The van der Waals surface area contributed by atoms with E-state index in [4.69, 9.17) is 16.3 Å². The van der Waals surface area contributed by atoms with Crippen molar-refractivity contribution in [1.29, 1.82) is 0 Å². The van der Waals surface area contributed by atoms with Crippen molar-refractivity contribution in [1.82, 2.24) is 19.7 Å². The Bertz CT molecular complexity index is 1110. The lowest BCUT2D eigenvalue weighted by atomic mass is 10.3. The Labute approximate surface area is 165 Å². The number of ether oxygens (including phenoxy) is 1. The Hall–Kier alpha value is -3.33. The summed E-state index contributed by atoms with van der Waals surface area (Å²) < 4.78 is 6.58. The summed E-state index contributed by atoms with van der Waals surface area (Å²) in [6.45, 7) is 5.18. The van der Waals surface area contributed by atoms with Gasteiger partial charge >= 0.3 is 6.03 Å². The van der Waals surface area contributed by atoms with Crippen LogP contribution in [0.1, 0.15) is 17.0 Å². The summed E-state index contributed by atoms with van der Waals surface area (Å²) >= 11 is 5.99. The lowest BCUT2D eigenvalue weighted by molar-refractivity contribution is 0.262. The molecule has 3 rings (SSSR count). The molecule has 0 bridgehead atoms. The van der Waals surface area contributed by atoms with E-state index in [1.165, 1.54) is 11.8 Å². The second kappa shape index (κ2) is 7.73. The topological polar surface area (TPSA) is 114 Å². The first kappa shape index (κ1) is 19.4. The molecule has 28 heavy (non-hydrogen) atoms. The smallest absolute Gasteiger partial charge is 0.324 e. The van der Waals surface area contributed by atoms with Gasteiger partial charge in [-0.3, -0.25) is 15.1 Å². The zero-order valence-electron chi connectivity index (χ0n) is 15.8. The second-order valence-electron chi connectivity index (χ2n) is 6.11.